The van der Waals surface area contributed by atoms with Crippen LogP contribution in [-0.4, -0.2) is 10.1 Å². The fraction of sp³-hybridized carbons (Fsp3) is 0.385. The molecule has 0 saturated heterocycles. The van der Waals surface area contributed by atoms with E-state index in [0.29, 0.717) is 11.7 Å². The number of hydrogen-bond donors (Lipinski definition) is 1. The molecule has 0 amide bonds. The lowest BCUT2D eigenvalue weighted by molar-refractivity contribution is 0.346. The molecule has 0 spiro atoms. The van der Waals surface area contributed by atoms with Gasteiger partial charge in [0.1, 0.15) is 0 Å². The molecule has 1 atom stereocenters. The molecule has 1 aromatic carbocycles. The Balaban J connectivity index is 2.15. The van der Waals surface area contributed by atoms with E-state index in [4.69, 9.17) is 10.3 Å². The van der Waals surface area contributed by atoms with Crippen molar-refractivity contribution in [1.29, 1.82) is 0 Å². The molecule has 1 heterocycles. The maximum absolute atomic E-state index is 6.00. The molecule has 4 nitrogen and oxygen atoms in total. The minimum atomic E-state index is -0.168. The Labute approximate surface area is 115 Å². The molecule has 0 saturated carbocycles. The van der Waals surface area contributed by atoms with Crippen LogP contribution >= 0.6 is 15.9 Å². The second-order valence-electron chi connectivity index (χ2n) is 4.22. The van der Waals surface area contributed by atoms with Crippen molar-refractivity contribution in [2.45, 2.75) is 32.2 Å². The van der Waals surface area contributed by atoms with Crippen LogP contribution in [0.2, 0.25) is 0 Å². The van der Waals surface area contributed by atoms with Crippen LogP contribution in [0.1, 0.15) is 38.1 Å². The zero-order valence-electron chi connectivity index (χ0n) is 10.3. The molecule has 18 heavy (non-hydrogen) atoms. The maximum Gasteiger partial charge on any atom is 0.243 e. The molecular weight excluding hydrogens is 294 g/mol. The Morgan fingerprint density at radius 3 is 3.00 bits per heavy atom. The van der Waals surface area contributed by atoms with Crippen LogP contribution in [0.5, 0.6) is 0 Å². The summed E-state index contributed by atoms with van der Waals surface area (Å²) in [5.41, 5.74) is 6.92. The molecule has 2 aromatic rings. The monoisotopic (exact) mass is 309 g/mol. The van der Waals surface area contributed by atoms with Gasteiger partial charge < -0.3 is 10.3 Å². The van der Waals surface area contributed by atoms with Gasteiger partial charge >= 0.3 is 0 Å². The molecule has 1 aromatic heterocycles. The van der Waals surface area contributed by atoms with Crippen molar-refractivity contribution in [3.8, 4) is 11.4 Å². The predicted octanol–water partition coefficient (Wildman–Crippen LogP) is 3.69. The number of rotatable bonds is 5. The molecular formula is C13H16BrN3O. The standard InChI is InChI=1S/C13H16BrN3O/c1-2-3-7-11(15)13-16-12(17-18-13)9-5-4-6-10(14)8-9/h4-6,8,11H,2-3,7,15H2,1H3/t11-/m0/s1. The van der Waals surface area contributed by atoms with E-state index in [2.05, 4.69) is 33.0 Å². The Bertz CT molecular complexity index is 512. The highest BCUT2D eigenvalue weighted by molar-refractivity contribution is 9.10. The van der Waals surface area contributed by atoms with Gasteiger partial charge in [-0.25, -0.2) is 0 Å². The summed E-state index contributed by atoms with van der Waals surface area (Å²) in [5.74, 6) is 1.09. The van der Waals surface area contributed by atoms with Gasteiger partial charge in [-0.05, 0) is 18.6 Å². The molecule has 5 heteroatoms. The summed E-state index contributed by atoms with van der Waals surface area (Å²) in [5, 5.41) is 3.97. The average molecular weight is 310 g/mol. The van der Waals surface area contributed by atoms with E-state index < -0.39 is 0 Å². The fourth-order valence-corrected chi connectivity index (χ4v) is 2.08. The Morgan fingerprint density at radius 1 is 1.44 bits per heavy atom. The van der Waals surface area contributed by atoms with Crippen LogP contribution in [0.3, 0.4) is 0 Å². The van der Waals surface area contributed by atoms with E-state index in [1.165, 1.54) is 0 Å². The van der Waals surface area contributed by atoms with Crippen molar-refractivity contribution >= 4 is 15.9 Å². The molecule has 96 valence electrons. The fourth-order valence-electron chi connectivity index (χ4n) is 1.68. The lowest BCUT2D eigenvalue weighted by atomic mass is 10.1. The summed E-state index contributed by atoms with van der Waals surface area (Å²) in [6, 6.07) is 7.62. The summed E-state index contributed by atoms with van der Waals surface area (Å²) >= 11 is 3.42. The topological polar surface area (TPSA) is 64.9 Å². The predicted molar refractivity (Wildman–Crippen MR) is 73.9 cm³/mol. The Morgan fingerprint density at radius 2 is 2.28 bits per heavy atom. The van der Waals surface area contributed by atoms with Crippen molar-refractivity contribution in [2.75, 3.05) is 0 Å². The number of nitrogens with zero attached hydrogens (tertiary/aromatic N) is 2. The molecule has 0 aliphatic carbocycles. The highest BCUT2D eigenvalue weighted by Crippen LogP contribution is 2.22. The lowest BCUT2D eigenvalue weighted by Gasteiger charge is -2.03. The largest absolute Gasteiger partial charge is 0.337 e. The highest BCUT2D eigenvalue weighted by atomic mass is 79.9. The molecule has 0 fully saturated rings. The van der Waals surface area contributed by atoms with Crippen LogP contribution in [0.25, 0.3) is 11.4 Å². The van der Waals surface area contributed by atoms with E-state index in [9.17, 15) is 0 Å². The summed E-state index contributed by atoms with van der Waals surface area (Å²) < 4.78 is 6.20. The molecule has 2 N–H and O–H groups in total. The van der Waals surface area contributed by atoms with Crippen LogP contribution < -0.4 is 5.73 Å². The average Bonchev–Trinajstić information content (AvgIpc) is 2.85. The third-order valence-corrected chi connectivity index (χ3v) is 3.20. The minimum Gasteiger partial charge on any atom is -0.337 e. The van der Waals surface area contributed by atoms with Gasteiger partial charge in [0.05, 0.1) is 6.04 Å². The molecule has 0 aliphatic heterocycles. The zero-order chi connectivity index (χ0) is 13.0. The van der Waals surface area contributed by atoms with Crippen LogP contribution in [-0.2, 0) is 0 Å². The van der Waals surface area contributed by atoms with E-state index in [-0.39, 0.29) is 6.04 Å². The number of nitrogens with two attached hydrogens (primary N) is 1. The number of unbranched alkanes of at least 4 members (excludes halogenated alkanes) is 1. The quantitative estimate of drug-likeness (QED) is 0.914. The molecule has 0 aliphatic rings. The van der Waals surface area contributed by atoms with Gasteiger partial charge in [-0.3, -0.25) is 0 Å². The van der Waals surface area contributed by atoms with Gasteiger partial charge in [0, 0.05) is 10.0 Å². The van der Waals surface area contributed by atoms with Gasteiger partial charge in [0.2, 0.25) is 11.7 Å². The summed E-state index contributed by atoms with van der Waals surface area (Å²) in [6.45, 7) is 2.13. The maximum atomic E-state index is 6.00. The summed E-state index contributed by atoms with van der Waals surface area (Å²) in [7, 11) is 0. The smallest absolute Gasteiger partial charge is 0.243 e. The third kappa shape index (κ3) is 3.17. The van der Waals surface area contributed by atoms with Crippen LogP contribution in [0.15, 0.2) is 33.3 Å². The lowest BCUT2D eigenvalue weighted by Crippen LogP contribution is -2.10. The van der Waals surface area contributed by atoms with E-state index in [1.807, 2.05) is 24.3 Å². The second kappa shape index (κ2) is 6.11. The SMILES string of the molecule is CCCC[C@H](N)c1nc(-c2cccc(Br)c2)no1. The van der Waals surface area contributed by atoms with Crippen LogP contribution in [0, 0.1) is 0 Å². The first-order valence-electron chi connectivity index (χ1n) is 6.06. The molecule has 0 radical (unpaired) electrons. The first-order valence-corrected chi connectivity index (χ1v) is 6.85. The molecule has 0 unspecified atom stereocenters. The van der Waals surface area contributed by atoms with Gasteiger partial charge in [0.25, 0.3) is 0 Å². The summed E-state index contributed by atoms with van der Waals surface area (Å²) in [6.07, 6.45) is 3.05. The van der Waals surface area contributed by atoms with E-state index in [0.717, 1.165) is 29.3 Å². The first-order chi connectivity index (χ1) is 8.70. The van der Waals surface area contributed by atoms with Crippen molar-refractivity contribution < 1.29 is 4.52 Å². The second-order valence-corrected chi connectivity index (χ2v) is 5.13. The first kappa shape index (κ1) is 13.2. The number of benzene rings is 1. The number of aromatic nitrogens is 2. The van der Waals surface area contributed by atoms with Gasteiger partial charge in [0.15, 0.2) is 0 Å². The van der Waals surface area contributed by atoms with Crippen molar-refractivity contribution in [1.82, 2.24) is 10.1 Å². The Kier molecular flexibility index (Phi) is 4.49. The normalized spacial score (nSPS) is 12.6. The van der Waals surface area contributed by atoms with E-state index >= 15 is 0 Å². The van der Waals surface area contributed by atoms with E-state index in [1.54, 1.807) is 0 Å². The van der Waals surface area contributed by atoms with Crippen molar-refractivity contribution in [3.05, 3.63) is 34.6 Å². The molecule has 0 bridgehead atoms. The zero-order valence-corrected chi connectivity index (χ0v) is 11.9. The summed E-state index contributed by atoms with van der Waals surface area (Å²) in [4.78, 5) is 4.35. The van der Waals surface area contributed by atoms with Gasteiger partial charge in [-0.15, -0.1) is 0 Å². The molecule has 2 rings (SSSR count). The van der Waals surface area contributed by atoms with Crippen molar-refractivity contribution in [3.63, 3.8) is 0 Å². The van der Waals surface area contributed by atoms with Crippen molar-refractivity contribution in [2.24, 2.45) is 5.73 Å². The van der Waals surface area contributed by atoms with Gasteiger partial charge in [-0.2, -0.15) is 4.98 Å². The highest BCUT2D eigenvalue weighted by Gasteiger charge is 2.15. The van der Waals surface area contributed by atoms with Gasteiger partial charge in [-0.1, -0.05) is 53.0 Å². The number of hydrogen-bond acceptors (Lipinski definition) is 4. The Hall–Kier alpha value is -1.20. The number of halogens is 1. The van der Waals surface area contributed by atoms with Crippen LogP contribution in [0.4, 0.5) is 0 Å². The minimum absolute atomic E-state index is 0.168. The third-order valence-electron chi connectivity index (χ3n) is 2.71.